The number of aromatic nitrogens is 2. The van der Waals surface area contributed by atoms with Gasteiger partial charge in [-0.25, -0.2) is 4.98 Å². The van der Waals surface area contributed by atoms with Crippen molar-refractivity contribution in [2.75, 3.05) is 17.2 Å². The first-order valence-corrected chi connectivity index (χ1v) is 8.86. The van der Waals surface area contributed by atoms with Gasteiger partial charge in [0.2, 0.25) is 5.95 Å². The fourth-order valence-electron chi connectivity index (χ4n) is 2.47. The van der Waals surface area contributed by atoms with Gasteiger partial charge in [-0.3, -0.25) is 0 Å². The van der Waals surface area contributed by atoms with E-state index in [-0.39, 0.29) is 12.6 Å². The highest BCUT2D eigenvalue weighted by atomic mass is 16.5. The summed E-state index contributed by atoms with van der Waals surface area (Å²) in [5, 5.41) is 15.5. The van der Waals surface area contributed by atoms with E-state index < -0.39 is 0 Å². The Hall–Kier alpha value is -3.12. The molecule has 3 rings (SSSR count). The molecule has 0 amide bonds. The Morgan fingerprint density at radius 3 is 2.22 bits per heavy atom. The van der Waals surface area contributed by atoms with Gasteiger partial charge in [-0.05, 0) is 57.2 Å². The van der Waals surface area contributed by atoms with E-state index in [1.54, 1.807) is 0 Å². The number of ether oxygens (including phenoxy) is 1. The summed E-state index contributed by atoms with van der Waals surface area (Å²) in [6, 6.07) is 17.3. The summed E-state index contributed by atoms with van der Waals surface area (Å²) in [7, 11) is 0. The average molecular weight is 364 g/mol. The zero-order valence-corrected chi connectivity index (χ0v) is 15.7. The van der Waals surface area contributed by atoms with Gasteiger partial charge in [-0.15, -0.1) is 0 Å². The molecule has 6 nitrogen and oxygen atoms in total. The van der Waals surface area contributed by atoms with Crippen LogP contribution in [0.4, 0.5) is 17.5 Å². The molecule has 0 aliphatic carbocycles. The molecule has 1 unspecified atom stereocenters. The first-order chi connectivity index (χ1) is 13.0. The number of hydrogen-bond donors (Lipinski definition) is 3. The van der Waals surface area contributed by atoms with Crippen LogP contribution in [0.5, 0.6) is 11.5 Å². The number of aliphatic hydroxyl groups excluding tert-OH is 1. The number of aliphatic hydroxyl groups is 1. The number of hydrogen-bond acceptors (Lipinski definition) is 6. The van der Waals surface area contributed by atoms with Crippen molar-refractivity contribution in [3.8, 4) is 11.5 Å². The van der Waals surface area contributed by atoms with Gasteiger partial charge in [0.15, 0.2) is 0 Å². The van der Waals surface area contributed by atoms with E-state index in [2.05, 4.69) is 20.6 Å². The van der Waals surface area contributed by atoms with Crippen LogP contribution in [0.15, 0.2) is 54.6 Å². The van der Waals surface area contributed by atoms with Crippen LogP contribution in [0.25, 0.3) is 0 Å². The monoisotopic (exact) mass is 364 g/mol. The molecule has 0 radical (unpaired) electrons. The van der Waals surface area contributed by atoms with Crippen molar-refractivity contribution < 1.29 is 9.84 Å². The lowest BCUT2D eigenvalue weighted by atomic mass is 10.2. The largest absolute Gasteiger partial charge is 0.457 e. The van der Waals surface area contributed by atoms with Crippen LogP contribution in [-0.2, 0) is 0 Å². The molecule has 0 saturated heterocycles. The summed E-state index contributed by atoms with van der Waals surface area (Å²) >= 11 is 0. The van der Waals surface area contributed by atoms with Gasteiger partial charge in [-0.1, -0.05) is 17.7 Å². The summed E-state index contributed by atoms with van der Waals surface area (Å²) in [6.07, 6.45) is 0. The molecule has 1 aromatic heterocycles. The van der Waals surface area contributed by atoms with Crippen LogP contribution >= 0.6 is 0 Å². The van der Waals surface area contributed by atoms with Crippen LogP contribution in [-0.4, -0.2) is 27.7 Å². The number of benzene rings is 2. The van der Waals surface area contributed by atoms with Gasteiger partial charge in [-0.2, -0.15) is 4.98 Å². The number of anilines is 3. The molecular formula is C21H24N4O2. The van der Waals surface area contributed by atoms with Crippen LogP contribution in [0, 0.1) is 13.8 Å². The first kappa shape index (κ1) is 18.7. The quantitative estimate of drug-likeness (QED) is 0.576. The fourth-order valence-corrected chi connectivity index (χ4v) is 2.47. The molecular weight excluding hydrogens is 340 g/mol. The standard InChI is InChI=1S/C21H24N4O2/c1-14-4-8-18(9-5-14)27-19-10-6-17(7-11-19)24-21-23-15(2)12-20(25-21)22-16(3)13-26/h4-12,16,26H,13H2,1-3H3,(H2,22,23,24,25). The Kier molecular flexibility index (Phi) is 5.88. The van der Waals surface area contributed by atoms with E-state index in [4.69, 9.17) is 4.74 Å². The maximum absolute atomic E-state index is 9.18. The Balaban J connectivity index is 1.68. The van der Waals surface area contributed by atoms with Crippen molar-refractivity contribution >= 4 is 17.5 Å². The summed E-state index contributed by atoms with van der Waals surface area (Å²) in [6.45, 7) is 5.87. The van der Waals surface area contributed by atoms with Crippen LogP contribution in [0.3, 0.4) is 0 Å². The van der Waals surface area contributed by atoms with E-state index in [9.17, 15) is 5.11 Å². The van der Waals surface area contributed by atoms with E-state index >= 15 is 0 Å². The molecule has 0 saturated carbocycles. The number of rotatable bonds is 7. The lowest BCUT2D eigenvalue weighted by Crippen LogP contribution is -2.20. The number of nitrogens with one attached hydrogen (secondary N) is 2. The molecule has 1 atom stereocenters. The number of aryl methyl sites for hydroxylation is 2. The molecule has 0 aliphatic rings. The fraction of sp³-hybridized carbons (Fsp3) is 0.238. The molecule has 0 bridgehead atoms. The van der Waals surface area contributed by atoms with Crippen molar-refractivity contribution in [2.24, 2.45) is 0 Å². The van der Waals surface area contributed by atoms with Crippen LogP contribution in [0.2, 0.25) is 0 Å². The zero-order valence-electron chi connectivity index (χ0n) is 15.7. The second-order valence-corrected chi connectivity index (χ2v) is 6.51. The lowest BCUT2D eigenvalue weighted by Gasteiger charge is -2.13. The molecule has 0 aliphatic heterocycles. The van der Waals surface area contributed by atoms with Gasteiger partial charge in [0.25, 0.3) is 0 Å². The Morgan fingerprint density at radius 2 is 1.59 bits per heavy atom. The van der Waals surface area contributed by atoms with E-state index in [1.165, 1.54) is 5.56 Å². The number of nitrogens with zero attached hydrogens (tertiary/aromatic N) is 2. The molecule has 0 spiro atoms. The van der Waals surface area contributed by atoms with E-state index in [0.717, 1.165) is 22.9 Å². The predicted octanol–water partition coefficient (Wildman–Crippen LogP) is 4.42. The Bertz CT molecular complexity index is 880. The third kappa shape index (κ3) is 5.43. The minimum absolute atomic E-state index is 0.0360. The summed E-state index contributed by atoms with van der Waals surface area (Å²) in [4.78, 5) is 8.84. The van der Waals surface area contributed by atoms with Gasteiger partial charge in [0.1, 0.15) is 17.3 Å². The van der Waals surface area contributed by atoms with Gasteiger partial charge in [0, 0.05) is 23.5 Å². The third-order valence-corrected chi connectivity index (χ3v) is 3.89. The highest BCUT2D eigenvalue weighted by molar-refractivity contribution is 5.56. The molecule has 3 N–H and O–H groups in total. The van der Waals surface area contributed by atoms with Crippen molar-refractivity contribution in [3.63, 3.8) is 0 Å². The molecule has 140 valence electrons. The van der Waals surface area contributed by atoms with Crippen molar-refractivity contribution in [2.45, 2.75) is 26.8 Å². The molecule has 6 heteroatoms. The van der Waals surface area contributed by atoms with E-state index in [1.807, 2.05) is 75.4 Å². The summed E-state index contributed by atoms with van der Waals surface area (Å²) in [5.41, 5.74) is 2.89. The maximum Gasteiger partial charge on any atom is 0.229 e. The highest BCUT2D eigenvalue weighted by Crippen LogP contribution is 2.24. The highest BCUT2D eigenvalue weighted by Gasteiger charge is 2.06. The average Bonchev–Trinajstić information content (AvgIpc) is 2.64. The molecule has 1 heterocycles. The minimum atomic E-state index is -0.0784. The van der Waals surface area contributed by atoms with Crippen molar-refractivity contribution in [1.82, 2.24) is 9.97 Å². The van der Waals surface area contributed by atoms with E-state index in [0.29, 0.717) is 11.8 Å². The smallest absolute Gasteiger partial charge is 0.229 e. The second-order valence-electron chi connectivity index (χ2n) is 6.51. The third-order valence-electron chi connectivity index (χ3n) is 3.89. The van der Waals surface area contributed by atoms with Crippen LogP contribution < -0.4 is 15.4 Å². The second kappa shape index (κ2) is 8.51. The Labute approximate surface area is 159 Å². The predicted molar refractivity (Wildman–Crippen MR) is 108 cm³/mol. The molecule has 2 aromatic carbocycles. The SMILES string of the molecule is Cc1ccc(Oc2ccc(Nc3nc(C)cc(NC(C)CO)n3)cc2)cc1. The molecule has 27 heavy (non-hydrogen) atoms. The van der Waals surface area contributed by atoms with Crippen molar-refractivity contribution in [1.29, 1.82) is 0 Å². The van der Waals surface area contributed by atoms with Gasteiger partial charge < -0.3 is 20.5 Å². The summed E-state index contributed by atoms with van der Waals surface area (Å²) < 4.78 is 5.84. The van der Waals surface area contributed by atoms with Crippen molar-refractivity contribution in [3.05, 3.63) is 65.9 Å². The minimum Gasteiger partial charge on any atom is -0.457 e. The summed E-state index contributed by atoms with van der Waals surface area (Å²) in [5.74, 6) is 2.73. The lowest BCUT2D eigenvalue weighted by molar-refractivity contribution is 0.281. The first-order valence-electron chi connectivity index (χ1n) is 8.86. The maximum atomic E-state index is 9.18. The molecule has 0 fully saturated rings. The van der Waals surface area contributed by atoms with Gasteiger partial charge >= 0.3 is 0 Å². The Morgan fingerprint density at radius 1 is 0.963 bits per heavy atom. The topological polar surface area (TPSA) is 79.3 Å². The normalized spacial score (nSPS) is 11.7. The van der Waals surface area contributed by atoms with Gasteiger partial charge in [0.05, 0.1) is 6.61 Å². The zero-order chi connectivity index (χ0) is 19.2. The molecule has 3 aromatic rings. The van der Waals surface area contributed by atoms with Crippen LogP contribution in [0.1, 0.15) is 18.2 Å².